The maximum atomic E-state index is 8.55. The minimum atomic E-state index is 0.0337. The number of aliphatic hydroxyl groups excluding tert-OH is 1. The fourth-order valence-corrected chi connectivity index (χ4v) is 1.25. The van der Waals surface area contributed by atoms with E-state index >= 15 is 0 Å². The lowest BCUT2D eigenvalue weighted by Crippen LogP contribution is -1.88. The van der Waals surface area contributed by atoms with E-state index < -0.39 is 0 Å². The summed E-state index contributed by atoms with van der Waals surface area (Å²) >= 11 is 3.34. The molecule has 64 valence electrons. The van der Waals surface area contributed by atoms with E-state index in [-0.39, 0.29) is 6.61 Å². The molecule has 0 aliphatic heterocycles. The Morgan fingerprint density at radius 3 is 2.92 bits per heavy atom. The van der Waals surface area contributed by atoms with Crippen LogP contribution in [0.3, 0.4) is 0 Å². The summed E-state index contributed by atoms with van der Waals surface area (Å²) in [4.78, 5) is 0. The minimum absolute atomic E-state index is 0.0337. The van der Waals surface area contributed by atoms with Gasteiger partial charge in [0.05, 0.1) is 6.61 Å². The molecule has 0 aliphatic rings. The molecule has 1 aromatic rings. The van der Waals surface area contributed by atoms with E-state index in [1.54, 1.807) is 12.2 Å². The number of nitrogens with two attached hydrogens (primary N) is 1. The third-order valence-corrected chi connectivity index (χ3v) is 1.94. The highest BCUT2D eigenvalue weighted by molar-refractivity contribution is 9.10. The Bertz CT molecular complexity index is 297. The predicted octanol–water partition coefficient (Wildman–Crippen LogP) is 2.04. The molecule has 0 spiro atoms. The zero-order valence-corrected chi connectivity index (χ0v) is 8.08. The van der Waals surface area contributed by atoms with Gasteiger partial charge >= 0.3 is 0 Å². The van der Waals surface area contributed by atoms with Crippen molar-refractivity contribution in [2.75, 3.05) is 12.3 Å². The molecule has 0 saturated carbocycles. The van der Waals surface area contributed by atoms with E-state index in [4.69, 9.17) is 10.8 Å². The van der Waals surface area contributed by atoms with Crippen molar-refractivity contribution in [1.29, 1.82) is 0 Å². The SMILES string of the molecule is Nc1ccc(Br)cc1C=CCO. The van der Waals surface area contributed by atoms with Gasteiger partial charge in [-0.1, -0.05) is 28.1 Å². The summed E-state index contributed by atoms with van der Waals surface area (Å²) in [5.41, 5.74) is 7.30. The van der Waals surface area contributed by atoms with E-state index in [2.05, 4.69) is 15.9 Å². The van der Waals surface area contributed by atoms with Crippen LogP contribution in [0.15, 0.2) is 28.7 Å². The number of benzene rings is 1. The lowest BCUT2D eigenvalue weighted by atomic mass is 10.2. The first-order valence-electron chi connectivity index (χ1n) is 3.56. The maximum Gasteiger partial charge on any atom is 0.0615 e. The van der Waals surface area contributed by atoms with Gasteiger partial charge in [-0.15, -0.1) is 0 Å². The zero-order valence-electron chi connectivity index (χ0n) is 6.50. The van der Waals surface area contributed by atoms with Crippen LogP contribution in [0.5, 0.6) is 0 Å². The molecular weight excluding hydrogens is 218 g/mol. The first-order valence-corrected chi connectivity index (χ1v) is 4.36. The van der Waals surface area contributed by atoms with Crippen molar-refractivity contribution in [3.8, 4) is 0 Å². The molecule has 3 N–H and O–H groups in total. The Kier molecular flexibility index (Phi) is 3.31. The number of hydrogen-bond donors (Lipinski definition) is 2. The number of rotatable bonds is 2. The lowest BCUT2D eigenvalue weighted by Gasteiger charge is -1.99. The molecule has 0 radical (unpaired) electrons. The van der Waals surface area contributed by atoms with Crippen molar-refractivity contribution in [2.45, 2.75) is 0 Å². The molecule has 0 aromatic heterocycles. The molecule has 2 nitrogen and oxygen atoms in total. The number of nitrogen functional groups attached to an aromatic ring is 1. The topological polar surface area (TPSA) is 46.2 Å². The van der Waals surface area contributed by atoms with Crippen LogP contribution in [0.25, 0.3) is 6.08 Å². The van der Waals surface area contributed by atoms with Gasteiger partial charge in [0.15, 0.2) is 0 Å². The van der Waals surface area contributed by atoms with Gasteiger partial charge in [-0.3, -0.25) is 0 Å². The summed E-state index contributed by atoms with van der Waals surface area (Å²) in [6, 6.07) is 5.61. The lowest BCUT2D eigenvalue weighted by molar-refractivity contribution is 0.343. The van der Waals surface area contributed by atoms with Gasteiger partial charge in [-0.05, 0) is 23.8 Å². The number of aliphatic hydroxyl groups is 1. The number of halogens is 1. The molecule has 0 bridgehead atoms. The molecule has 12 heavy (non-hydrogen) atoms. The highest BCUT2D eigenvalue weighted by Gasteiger charge is 1.94. The molecule has 0 amide bonds. The third-order valence-electron chi connectivity index (χ3n) is 1.45. The zero-order chi connectivity index (χ0) is 8.97. The second kappa shape index (κ2) is 4.28. The Morgan fingerprint density at radius 1 is 1.50 bits per heavy atom. The Balaban J connectivity index is 2.97. The Labute approximate surface area is 79.8 Å². The number of anilines is 1. The van der Waals surface area contributed by atoms with Crippen LogP contribution in [0.2, 0.25) is 0 Å². The van der Waals surface area contributed by atoms with Crippen LogP contribution in [-0.4, -0.2) is 11.7 Å². The second-order valence-corrected chi connectivity index (χ2v) is 3.27. The van der Waals surface area contributed by atoms with Crippen molar-refractivity contribution in [2.24, 2.45) is 0 Å². The summed E-state index contributed by atoms with van der Waals surface area (Å²) in [6.07, 6.45) is 3.44. The van der Waals surface area contributed by atoms with Crippen LogP contribution in [0.1, 0.15) is 5.56 Å². The molecule has 0 heterocycles. The molecule has 0 aliphatic carbocycles. The standard InChI is InChI=1S/C9H10BrNO/c10-8-3-4-9(11)7(6-8)2-1-5-12/h1-4,6,12H,5,11H2. The number of hydrogen-bond acceptors (Lipinski definition) is 2. The van der Waals surface area contributed by atoms with Gasteiger partial charge in [0, 0.05) is 10.2 Å². The first-order chi connectivity index (χ1) is 5.74. The molecule has 0 atom stereocenters. The largest absolute Gasteiger partial charge is 0.398 e. The molecule has 0 saturated heterocycles. The molecule has 1 aromatic carbocycles. The summed E-state index contributed by atoms with van der Waals surface area (Å²) in [5, 5.41) is 8.55. The molecule has 3 heteroatoms. The van der Waals surface area contributed by atoms with Crippen LogP contribution < -0.4 is 5.73 Å². The quantitative estimate of drug-likeness (QED) is 0.761. The third kappa shape index (κ3) is 2.36. The normalized spacial score (nSPS) is 10.8. The average molecular weight is 228 g/mol. The molecular formula is C9H10BrNO. The van der Waals surface area contributed by atoms with E-state index in [0.29, 0.717) is 5.69 Å². The summed E-state index contributed by atoms with van der Waals surface area (Å²) in [6.45, 7) is 0.0337. The summed E-state index contributed by atoms with van der Waals surface area (Å²) in [7, 11) is 0. The van der Waals surface area contributed by atoms with Crippen LogP contribution >= 0.6 is 15.9 Å². The minimum Gasteiger partial charge on any atom is -0.398 e. The fraction of sp³-hybridized carbons (Fsp3) is 0.111. The van der Waals surface area contributed by atoms with Crippen molar-refractivity contribution < 1.29 is 5.11 Å². The van der Waals surface area contributed by atoms with E-state index in [1.807, 2.05) is 18.2 Å². The van der Waals surface area contributed by atoms with Crippen LogP contribution in [-0.2, 0) is 0 Å². The van der Waals surface area contributed by atoms with Crippen molar-refractivity contribution in [1.82, 2.24) is 0 Å². The highest BCUT2D eigenvalue weighted by atomic mass is 79.9. The van der Waals surface area contributed by atoms with Gasteiger partial charge in [-0.25, -0.2) is 0 Å². The average Bonchev–Trinajstić information content (AvgIpc) is 2.07. The van der Waals surface area contributed by atoms with E-state index in [1.165, 1.54) is 0 Å². The van der Waals surface area contributed by atoms with Crippen molar-refractivity contribution >= 4 is 27.7 Å². The molecule has 0 unspecified atom stereocenters. The van der Waals surface area contributed by atoms with Crippen LogP contribution in [0.4, 0.5) is 5.69 Å². The second-order valence-electron chi connectivity index (χ2n) is 2.36. The molecule has 1 rings (SSSR count). The Morgan fingerprint density at radius 2 is 2.25 bits per heavy atom. The predicted molar refractivity (Wildman–Crippen MR) is 54.7 cm³/mol. The van der Waals surface area contributed by atoms with Gasteiger partial charge in [0.25, 0.3) is 0 Å². The van der Waals surface area contributed by atoms with Gasteiger partial charge in [0.2, 0.25) is 0 Å². The van der Waals surface area contributed by atoms with Crippen LogP contribution in [0, 0.1) is 0 Å². The van der Waals surface area contributed by atoms with Crippen molar-refractivity contribution in [3.05, 3.63) is 34.3 Å². The first kappa shape index (κ1) is 9.29. The van der Waals surface area contributed by atoms with Crippen molar-refractivity contribution in [3.63, 3.8) is 0 Å². The van der Waals surface area contributed by atoms with E-state index in [9.17, 15) is 0 Å². The smallest absolute Gasteiger partial charge is 0.0615 e. The summed E-state index contributed by atoms with van der Waals surface area (Å²) in [5.74, 6) is 0. The van der Waals surface area contributed by atoms with Gasteiger partial charge in [-0.2, -0.15) is 0 Å². The summed E-state index contributed by atoms with van der Waals surface area (Å²) < 4.78 is 0.981. The maximum absolute atomic E-state index is 8.55. The fourth-order valence-electron chi connectivity index (χ4n) is 0.870. The highest BCUT2D eigenvalue weighted by Crippen LogP contribution is 2.19. The van der Waals surface area contributed by atoms with Gasteiger partial charge in [0.1, 0.15) is 0 Å². The van der Waals surface area contributed by atoms with Gasteiger partial charge < -0.3 is 10.8 Å². The Hall–Kier alpha value is -0.800. The monoisotopic (exact) mass is 227 g/mol. The molecule has 0 fully saturated rings. The van der Waals surface area contributed by atoms with E-state index in [0.717, 1.165) is 10.0 Å².